The fourth-order valence-corrected chi connectivity index (χ4v) is 2.31. The van der Waals surface area contributed by atoms with Crippen LogP contribution < -0.4 is 9.30 Å². The predicted molar refractivity (Wildman–Crippen MR) is 55.4 cm³/mol. The number of rotatable bonds is 3. The van der Waals surface area contributed by atoms with Crippen molar-refractivity contribution in [1.82, 2.24) is 0 Å². The van der Waals surface area contributed by atoms with Gasteiger partial charge in [-0.05, 0) is 18.2 Å². The molecule has 6 heteroatoms. The molecular formula is C10H8NO4S+. The molecule has 2 heterocycles. The van der Waals surface area contributed by atoms with Crippen LogP contribution in [0.3, 0.4) is 0 Å². The Morgan fingerprint density at radius 1 is 1.38 bits per heavy atom. The molecule has 82 valence electrons. The monoisotopic (exact) mass is 238 g/mol. The van der Waals surface area contributed by atoms with Crippen LogP contribution >= 0.6 is 12.0 Å². The third-order valence-electron chi connectivity index (χ3n) is 2.47. The van der Waals surface area contributed by atoms with Gasteiger partial charge in [0.2, 0.25) is 0 Å². The molecule has 0 saturated heterocycles. The third kappa shape index (κ3) is 1.43. The highest BCUT2D eigenvalue weighted by atomic mass is 32.2. The average Bonchev–Trinajstić information content (AvgIpc) is 2.74. The first-order chi connectivity index (χ1) is 7.90. The van der Waals surface area contributed by atoms with E-state index >= 15 is 0 Å². The molecule has 16 heavy (non-hydrogen) atoms. The molecule has 0 spiro atoms. The maximum atomic E-state index is 8.15. The minimum absolute atomic E-state index is 0.526. The molecule has 0 fully saturated rings. The van der Waals surface area contributed by atoms with Crippen molar-refractivity contribution in [2.24, 2.45) is 0 Å². The number of hydrogen-bond acceptors (Lipinski definition) is 5. The summed E-state index contributed by atoms with van der Waals surface area (Å²) in [6, 6.07) is 7.63. The van der Waals surface area contributed by atoms with Crippen LogP contribution in [0.4, 0.5) is 0 Å². The summed E-state index contributed by atoms with van der Waals surface area (Å²) in [5.41, 5.74) is 1.02. The van der Waals surface area contributed by atoms with Crippen LogP contribution in [0.1, 0.15) is 0 Å². The van der Waals surface area contributed by atoms with Crippen molar-refractivity contribution in [2.45, 2.75) is 11.6 Å². The standard InChI is InChI=1S/C10H7NO4S/c12-14-15-16-9-4-3-8-10-7(9)2-1-5-11(10)6-13-8/h1-5H,6H2/p+1. The molecule has 0 bridgehead atoms. The van der Waals surface area contributed by atoms with Gasteiger partial charge in [0.15, 0.2) is 11.9 Å². The summed E-state index contributed by atoms with van der Waals surface area (Å²) in [5.74, 6) is 0.852. The minimum Gasteiger partial charge on any atom is -0.429 e. The zero-order chi connectivity index (χ0) is 11.0. The van der Waals surface area contributed by atoms with Gasteiger partial charge in [0.05, 0.1) is 22.3 Å². The molecule has 0 unspecified atom stereocenters. The van der Waals surface area contributed by atoms with E-state index < -0.39 is 0 Å². The lowest BCUT2D eigenvalue weighted by atomic mass is 10.2. The first-order valence-corrected chi connectivity index (χ1v) is 5.37. The number of benzene rings is 1. The van der Waals surface area contributed by atoms with E-state index in [1.807, 2.05) is 35.0 Å². The van der Waals surface area contributed by atoms with Crippen molar-refractivity contribution in [3.05, 3.63) is 30.5 Å². The van der Waals surface area contributed by atoms with Crippen LogP contribution in [0.2, 0.25) is 0 Å². The van der Waals surface area contributed by atoms with E-state index in [1.54, 1.807) is 0 Å². The highest BCUT2D eigenvalue weighted by Gasteiger charge is 2.24. The molecule has 5 nitrogen and oxygen atoms in total. The Balaban J connectivity index is 2.18. The lowest BCUT2D eigenvalue weighted by Gasteiger charge is -2.00. The highest BCUT2D eigenvalue weighted by molar-refractivity contribution is 7.94. The van der Waals surface area contributed by atoms with Gasteiger partial charge >= 0.3 is 0 Å². The Labute approximate surface area is 95.2 Å². The van der Waals surface area contributed by atoms with Crippen LogP contribution in [-0.4, -0.2) is 5.26 Å². The van der Waals surface area contributed by atoms with Gasteiger partial charge in [-0.3, -0.25) is 0 Å². The molecule has 1 aliphatic heterocycles. The molecule has 1 aromatic heterocycles. The molecule has 0 radical (unpaired) electrons. The number of hydrogen-bond donors (Lipinski definition) is 1. The van der Waals surface area contributed by atoms with Gasteiger partial charge in [0.25, 0.3) is 12.2 Å². The largest absolute Gasteiger partial charge is 0.429 e. The Morgan fingerprint density at radius 3 is 3.19 bits per heavy atom. The second-order valence-corrected chi connectivity index (χ2v) is 4.04. The highest BCUT2D eigenvalue weighted by Crippen LogP contribution is 2.34. The molecule has 2 aromatic rings. The van der Waals surface area contributed by atoms with E-state index in [4.69, 9.17) is 9.99 Å². The van der Waals surface area contributed by atoms with Crippen LogP contribution in [0.15, 0.2) is 35.4 Å². The first kappa shape index (κ1) is 9.86. The lowest BCUT2D eigenvalue weighted by molar-refractivity contribution is -0.688. The van der Waals surface area contributed by atoms with E-state index in [0.29, 0.717) is 6.73 Å². The molecule has 1 aliphatic rings. The van der Waals surface area contributed by atoms with Gasteiger partial charge in [0, 0.05) is 6.07 Å². The van der Waals surface area contributed by atoms with Gasteiger partial charge < -0.3 is 4.74 Å². The van der Waals surface area contributed by atoms with Crippen molar-refractivity contribution in [2.75, 3.05) is 0 Å². The molecule has 0 amide bonds. The normalized spacial score (nSPS) is 13.1. The van der Waals surface area contributed by atoms with Crippen LogP contribution in [0, 0.1) is 0 Å². The van der Waals surface area contributed by atoms with Crippen molar-refractivity contribution >= 4 is 22.9 Å². The zero-order valence-electron chi connectivity index (χ0n) is 8.12. The lowest BCUT2D eigenvalue weighted by Crippen LogP contribution is -2.31. The summed E-state index contributed by atoms with van der Waals surface area (Å²) in [6.45, 7) is 0.526. The SMILES string of the molecule is OOOSc1ccc2c3c1ccc[n+]3CO2. The van der Waals surface area contributed by atoms with Crippen molar-refractivity contribution < 1.29 is 23.9 Å². The summed E-state index contributed by atoms with van der Waals surface area (Å²) in [6.07, 6.45) is 1.96. The molecule has 0 saturated carbocycles. The van der Waals surface area contributed by atoms with E-state index in [2.05, 4.69) is 9.37 Å². The van der Waals surface area contributed by atoms with E-state index in [9.17, 15) is 0 Å². The smallest absolute Gasteiger partial charge is 0.293 e. The van der Waals surface area contributed by atoms with Gasteiger partial charge in [-0.1, -0.05) is 5.04 Å². The Morgan fingerprint density at radius 2 is 2.31 bits per heavy atom. The second-order valence-electron chi connectivity index (χ2n) is 3.30. The van der Waals surface area contributed by atoms with Gasteiger partial charge in [0.1, 0.15) is 0 Å². The average molecular weight is 238 g/mol. The maximum absolute atomic E-state index is 8.15. The first-order valence-electron chi connectivity index (χ1n) is 4.63. The Hall–Kier alpha value is -1.34. The van der Waals surface area contributed by atoms with Crippen LogP contribution in [-0.2, 0) is 16.1 Å². The second kappa shape index (κ2) is 3.91. The number of aromatic nitrogens is 1. The predicted octanol–water partition coefficient (Wildman–Crippen LogP) is 1.91. The Kier molecular flexibility index (Phi) is 2.41. The Bertz CT molecular complexity index is 535. The van der Waals surface area contributed by atoms with E-state index in [1.165, 1.54) is 0 Å². The van der Waals surface area contributed by atoms with E-state index in [0.717, 1.165) is 33.6 Å². The number of ether oxygens (including phenoxy) is 1. The molecular weight excluding hydrogens is 230 g/mol. The molecule has 3 rings (SSSR count). The summed E-state index contributed by atoms with van der Waals surface area (Å²) >= 11 is 0.954. The summed E-state index contributed by atoms with van der Waals surface area (Å²) in [7, 11) is 0. The van der Waals surface area contributed by atoms with Crippen molar-refractivity contribution in [3.63, 3.8) is 0 Å². The molecule has 0 atom stereocenters. The van der Waals surface area contributed by atoms with Crippen LogP contribution in [0.25, 0.3) is 10.9 Å². The van der Waals surface area contributed by atoms with Gasteiger partial charge in [-0.2, -0.15) is 4.57 Å². The maximum Gasteiger partial charge on any atom is 0.293 e. The zero-order valence-corrected chi connectivity index (χ0v) is 8.94. The van der Waals surface area contributed by atoms with Crippen molar-refractivity contribution in [3.8, 4) is 5.75 Å². The number of pyridine rings is 1. The topological polar surface area (TPSA) is 51.8 Å². The van der Waals surface area contributed by atoms with Gasteiger partial charge in [-0.15, -0.1) is 4.33 Å². The van der Waals surface area contributed by atoms with Crippen LogP contribution in [0.5, 0.6) is 5.75 Å². The molecule has 0 aliphatic carbocycles. The number of nitrogens with zero attached hydrogens (tertiary/aromatic N) is 1. The van der Waals surface area contributed by atoms with Gasteiger partial charge in [-0.25, -0.2) is 5.26 Å². The third-order valence-corrected chi connectivity index (χ3v) is 3.13. The molecule has 1 N–H and O–H groups in total. The molecule has 1 aromatic carbocycles. The minimum atomic E-state index is 0.526. The fourth-order valence-electron chi connectivity index (χ4n) is 1.83. The summed E-state index contributed by atoms with van der Waals surface area (Å²) in [4.78, 5) is 0.854. The summed E-state index contributed by atoms with van der Waals surface area (Å²) < 4.78 is 12.0. The van der Waals surface area contributed by atoms with E-state index in [-0.39, 0.29) is 0 Å². The summed E-state index contributed by atoms with van der Waals surface area (Å²) in [5, 5.41) is 12.7. The van der Waals surface area contributed by atoms with Crippen molar-refractivity contribution in [1.29, 1.82) is 0 Å². The fraction of sp³-hybridized carbons (Fsp3) is 0.100. The quantitative estimate of drug-likeness (QED) is 0.383.